The van der Waals surface area contributed by atoms with Crippen LogP contribution in [-0.2, 0) is 16.3 Å². The summed E-state index contributed by atoms with van der Waals surface area (Å²) in [5.74, 6) is 0.634. The average molecular weight is 281 g/mol. The van der Waals surface area contributed by atoms with E-state index < -0.39 is 9.84 Å². The highest BCUT2D eigenvalue weighted by molar-refractivity contribution is 7.91. The largest absolute Gasteiger partial charge is 0.388 e. The van der Waals surface area contributed by atoms with Gasteiger partial charge in [0.2, 0.25) is 0 Å². The van der Waals surface area contributed by atoms with Gasteiger partial charge >= 0.3 is 0 Å². The number of anilines is 1. The van der Waals surface area contributed by atoms with Crippen molar-refractivity contribution >= 4 is 15.5 Å². The molecule has 1 heterocycles. The number of hydrogen-bond acceptors (Lipinski definition) is 3. The monoisotopic (exact) mass is 281 g/mol. The Balaban J connectivity index is 2.29. The molecular formula is C15H23NO2S. The van der Waals surface area contributed by atoms with Crippen molar-refractivity contribution in [2.45, 2.75) is 43.9 Å². The molecule has 1 N–H and O–H groups in total. The zero-order valence-electron chi connectivity index (χ0n) is 11.8. The lowest BCUT2D eigenvalue weighted by atomic mass is 9.96. The molecule has 1 aliphatic heterocycles. The molecule has 1 unspecified atom stereocenters. The molecular weight excluding hydrogens is 258 g/mol. The van der Waals surface area contributed by atoms with Gasteiger partial charge in [-0.25, -0.2) is 8.42 Å². The lowest BCUT2D eigenvalue weighted by Crippen LogP contribution is -2.14. The van der Waals surface area contributed by atoms with Gasteiger partial charge < -0.3 is 5.32 Å². The molecule has 2 rings (SSSR count). The van der Waals surface area contributed by atoms with Gasteiger partial charge in [-0.3, -0.25) is 0 Å². The quantitative estimate of drug-likeness (QED) is 0.921. The van der Waals surface area contributed by atoms with Crippen molar-refractivity contribution in [3.8, 4) is 0 Å². The molecule has 1 aromatic carbocycles. The van der Waals surface area contributed by atoms with E-state index in [1.54, 1.807) is 6.07 Å². The zero-order valence-corrected chi connectivity index (χ0v) is 12.6. The van der Waals surface area contributed by atoms with E-state index in [9.17, 15) is 8.42 Å². The SMILES string of the molecule is CCCCC1CCc2cc(NC)ccc2S(=O)(=O)C1. The van der Waals surface area contributed by atoms with Crippen molar-refractivity contribution in [1.29, 1.82) is 0 Å². The van der Waals surface area contributed by atoms with Crippen molar-refractivity contribution < 1.29 is 8.42 Å². The van der Waals surface area contributed by atoms with Crippen LogP contribution in [0.2, 0.25) is 0 Å². The number of aryl methyl sites for hydroxylation is 1. The van der Waals surface area contributed by atoms with Crippen LogP contribution in [0.4, 0.5) is 5.69 Å². The van der Waals surface area contributed by atoms with Crippen molar-refractivity contribution in [3.05, 3.63) is 23.8 Å². The Morgan fingerprint density at radius 3 is 2.84 bits per heavy atom. The van der Waals surface area contributed by atoms with E-state index in [-0.39, 0.29) is 0 Å². The van der Waals surface area contributed by atoms with E-state index in [1.807, 2.05) is 19.2 Å². The highest BCUT2D eigenvalue weighted by atomic mass is 32.2. The average Bonchev–Trinajstić information content (AvgIpc) is 2.52. The molecule has 0 fully saturated rings. The summed E-state index contributed by atoms with van der Waals surface area (Å²) >= 11 is 0. The normalized spacial score (nSPS) is 21.5. The highest BCUT2D eigenvalue weighted by Crippen LogP contribution is 2.31. The maximum atomic E-state index is 12.4. The number of fused-ring (bicyclic) bond motifs is 1. The van der Waals surface area contributed by atoms with E-state index in [1.165, 1.54) is 0 Å². The summed E-state index contributed by atoms with van der Waals surface area (Å²) in [6.07, 6.45) is 5.15. The summed E-state index contributed by atoms with van der Waals surface area (Å²) in [6, 6.07) is 5.59. The Morgan fingerprint density at radius 1 is 1.37 bits per heavy atom. The van der Waals surface area contributed by atoms with E-state index in [2.05, 4.69) is 12.2 Å². The van der Waals surface area contributed by atoms with Crippen LogP contribution in [0.1, 0.15) is 38.2 Å². The Kier molecular flexibility index (Phi) is 4.50. The molecule has 19 heavy (non-hydrogen) atoms. The maximum absolute atomic E-state index is 12.4. The third-order valence-corrected chi connectivity index (χ3v) is 5.91. The number of sulfone groups is 1. The highest BCUT2D eigenvalue weighted by Gasteiger charge is 2.27. The smallest absolute Gasteiger partial charge is 0.178 e. The van der Waals surface area contributed by atoms with Gasteiger partial charge in [0.05, 0.1) is 10.6 Å². The zero-order chi connectivity index (χ0) is 13.9. The van der Waals surface area contributed by atoms with Crippen LogP contribution in [-0.4, -0.2) is 21.2 Å². The molecule has 0 aromatic heterocycles. The number of nitrogens with one attached hydrogen (secondary N) is 1. The number of benzene rings is 1. The van der Waals surface area contributed by atoms with Gasteiger partial charge in [-0.05, 0) is 48.9 Å². The summed E-state index contributed by atoms with van der Waals surface area (Å²) < 4.78 is 24.9. The first-order chi connectivity index (χ1) is 9.06. The lowest BCUT2D eigenvalue weighted by Gasteiger charge is -2.12. The number of hydrogen-bond donors (Lipinski definition) is 1. The third kappa shape index (κ3) is 3.30. The fourth-order valence-electron chi connectivity index (χ4n) is 2.80. The lowest BCUT2D eigenvalue weighted by molar-refractivity contribution is 0.472. The minimum Gasteiger partial charge on any atom is -0.388 e. The second kappa shape index (κ2) is 5.95. The van der Waals surface area contributed by atoms with E-state index in [4.69, 9.17) is 0 Å². The molecule has 1 aliphatic rings. The van der Waals surface area contributed by atoms with Crippen LogP contribution in [0.5, 0.6) is 0 Å². The van der Waals surface area contributed by atoms with Crippen LogP contribution in [0, 0.1) is 5.92 Å². The van der Waals surface area contributed by atoms with Crippen molar-refractivity contribution in [3.63, 3.8) is 0 Å². The van der Waals surface area contributed by atoms with Gasteiger partial charge in [0, 0.05) is 12.7 Å². The number of rotatable bonds is 4. The van der Waals surface area contributed by atoms with Crippen molar-refractivity contribution in [2.24, 2.45) is 5.92 Å². The van der Waals surface area contributed by atoms with Gasteiger partial charge in [-0.1, -0.05) is 19.8 Å². The molecule has 0 saturated carbocycles. The fraction of sp³-hybridized carbons (Fsp3) is 0.600. The van der Waals surface area contributed by atoms with E-state index in [0.717, 1.165) is 43.4 Å². The molecule has 0 spiro atoms. The summed E-state index contributed by atoms with van der Waals surface area (Å²) in [5.41, 5.74) is 1.96. The minimum absolute atomic E-state index is 0.315. The van der Waals surface area contributed by atoms with Gasteiger partial charge in [0.25, 0.3) is 0 Å². The fourth-order valence-corrected chi connectivity index (χ4v) is 4.77. The third-order valence-electron chi connectivity index (χ3n) is 3.93. The molecule has 0 amide bonds. The molecule has 0 saturated heterocycles. The molecule has 1 aromatic rings. The second-order valence-electron chi connectivity index (χ2n) is 5.40. The topological polar surface area (TPSA) is 46.2 Å². The van der Waals surface area contributed by atoms with Crippen LogP contribution in [0.3, 0.4) is 0 Å². The predicted molar refractivity (Wildman–Crippen MR) is 79.4 cm³/mol. The Hall–Kier alpha value is -1.03. The van der Waals surface area contributed by atoms with Gasteiger partial charge in [-0.15, -0.1) is 0 Å². The van der Waals surface area contributed by atoms with Crippen molar-refractivity contribution in [1.82, 2.24) is 0 Å². The molecule has 1 atom stereocenters. The first-order valence-electron chi connectivity index (χ1n) is 7.10. The molecule has 4 heteroatoms. The number of unbranched alkanes of at least 4 members (excludes halogenated alkanes) is 1. The Morgan fingerprint density at radius 2 is 2.16 bits per heavy atom. The first kappa shape index (κ1) is 14.4. The predicted octanol–water partition coefficient (Wildman–Crippen LogP) is 3.25. The van der Waals surface area contributed by atoms with Gasteiger partial charge in [0.1, 0.15) is 0 Å². The molecule has 106 valence electrons. The second-order valence-corrected chi connectivity index (χ2v) is 7.40. The molecule has 0 radical (unpaired) electrons. The standard InChI is InChI=1S/C15H23NO2S/c1-3-4-5-12-6-7-13-10-14(16-2)8-9-15(13)19(17,18)11-12/h8-10,12,16H,3-7,11H2,1-2H3. The van der Waals surface area contributed by atoms with Gasteiger partial charge in [-0.2, -0.15) is 0 Å². The van der Waals surface area contributed by atoms with Crippen LogP contribution < -0.4 is 5.32 Å². The molecule has 0 bridgehead atoms. The Labute approximate surface area is 116 Å². The van der Waals surface area contributed by atoms with Crippen molar-refractivity contribution in [2.75, 3.05) is 18.1 Å². The summed E-state index contributed by atoms with van der Waals surface area (Å²) in [5, 5.41) is 3.08. The van der Waals surface area contributed by atoms with Crippen LogP contribution in [0.25, 0.3) is 0 Å². The summed E-state index contributed by atoms with van der Waals surface area (Å²) in [6.45, 7) is 2.15. The summed E-state index contributed by atoms with van der Waals surface area (Å²) in [7, 11) is -1.25. The van der Waals surface area contributed by atoms with E-state index >= 15 is 0 Å². The van der Waals surface area contributed by atoms with Gasteiger partial charge in [0.15, 0.2) is 9.84 Å². The molecule has 0 aliphatic carbocycles. The van der Waals surface area contributed by atoms with E-state index in [0.29, 0.717) is 16.6 Å². The molecule has 3 nitrogen and oxygen atoms in total. The minimum atomic E-state index is -3.11. The first-order valence-corrected chi connectivity index (χ1v) is 8.75. The Bertz CT molecular complexity index is 537. The summed E-state index contributed by atoms with van der Waals surface area (Å²) in [4.78, 5) is 0.547. The van der Waals surface area contributed by atoms with Crippen LogP contribution in [0.15, 0.2) is 23.1 Å². The van der Waals surface area contributed by atoms with Crippen LogP contribution >= 0.6 is 0 Å². The maximum Gasteiger partial charge on any atom is 0.178 e.